The molecule has 2 aromatic carbocycles. The van der Waals surface area contributed by atoms with Gasteiger partial charge in [-0.25, -0.2) is 0 Å². The molecule has 0 bridgehead atoms. The zero-order valence-electron chi connectivity index (χ0n) is 14.4. The smallest absolute Gasteiger partial charge is 0.277 e. The maximum absolute atomic E-state index is 12.5. The molecule has 10 nitrogen and oxygen atoms in total. The molecule has 0 aliphatic carbocycles. The lowest BCUT2D eigenvalue weighted by Crippen LogP contribution is -2.14. The predicted molar refractivity (Wildman–Crippen MR) is 108 cm³/mol. The number of benzene rings is 2. The van der Waals surface area contributed by atoms with E-state index in [9.17, 15) is 25.0 Å². The molecule has 1 heterocycles. The SMILES string of the molecule is O=C(Nc1nn(Cc2ccccc2Cl)cc1Br)c1cc([N+](=O)[O-])cc([N+](=O)[O-])c1. The predicted octanol–water partition coefficient (Wildman–Crippen LogP) is 4.42. The Morgan fingerprint density at radius 1 is 1.14 bits per heavy atom. The molecule has 0 saturated heterocycles. The van der Waals surface area contributed by atoms with Gasteiger partial charge >= 0.3 is 0 Å². The van der Waals surface area contributed by atoms with Crippen LogP contribution in [0.4, 0.5) is 17.2 Å². The number of amides is 1. The molecule has 0 aliphatic heterocycles. The maximum atomic E-state index is 12.5. The van der Waals surface area contributed by atoms with E-state index in [1.807, 2.05) is 12.1 Å². The van der Waals surface area contributed by atoms with Crippen molar-refractivity contribution in [3.63, 3.8) is 0 Å². The van der Waals surface area contributed by atoms with Gasteiger partial charge in [0.25, 0.3) is 17.3 Å². The first-order valence-electron chi connectivity index (χ1n) is 7.96. The van der Waals surface area contributed by atoms with Gasteiger partial charge in [-0.05, 0) is 27.6 Å². The number of non-ortho nitro benzene ring substituents is 2. The van der Waals surface area contributed by atoms with E-state index >= 15 is 0 Å². The fourth-order valence-electron chi connectivity index (χ4n) is 2.48. The van der Waals surface area contributed by atoms with Gasteiger partial charge in [0.2, 0.25) is 0 Å². The van der Waals surface area contributed by atoms with Crippen LogP contribution in [0.5, 0.6) is 0 Å². The van der Waals surface area contributed by atoms with E-state index < -0.39 is 27.1 Å². The fraction of sp³-hybridized carbons (Fsp3) is 0.0588. The van der Waals surface area contributed by atoms with E-state index in [-0.39, 0.29) is 11.4 Å². The molecular weight excluding hydrogens is 470 g/mol. The third kappa shape index (κ3) is 4.76. The largest absolute Gasteiger partial charge is 0.304 e. The highest BCUT2D eigenvalue weighted by Gasteiger charge is 2.21. The molecule has 3 aromatic rings. The third-order valence-corrected chi connectivity index (χ3v) is 4.77. The Kier molecular flexibility index (Phi) is 5.89. The molecule has 0 spiro atoms. The van der Waals surface area contributed by atoms with Gasteiger partial charge < -0.3 is 5.32 Å². The Morgan fingerprint density at radius 2 is 1.76 bits per heavy atom. The second kappa shape index (κ2) is 8.37. The molecule has 0 saturated carbocycles. The van der Waals surface area contributed by atoms with E-state index in [1.165, 1.54) is 4.68 Å². The summed E-state index contributed by atoms with van der Waals surface area (Å²) in [7, 11) is 0. The van der Waals surface area contributed by atoms with Crippen LogP contribution < -0.4 is 5.32 Å². The molecule has 0 radical (unpaired) electrons. The van der Waals surface area contributed by atoms with E-state index in [0.29, 0.717) is 16.0 Å². The van der Waals surface area contributed by atoms with Gasteiger partial charge in [-0.15, -0.1) is 0 Å². The zero-order valence-corrected chi connectivity index (χ0v) is 16.8. The average Bonchev–Trinajstić information content (AvgIpc) is 3.02. The van der Waals surface area contributed by atoms with Crippen LogP contribution in [0.1, 0.15) is 15.9 Å². The molecule has 3 rings (SSSR count). The number of halogens is 2. The Balaban J connectivity index is 1.84. The van der Waals surface area contributed by atoms with Crippen LogP contribution in [-0.2, 0) is 6.54 Å². The highest BCUT2D eigenvalue weighted by atomic mass is 79.9. The van der Waals surface area contributed by atoms with Crippen molar-refractivity contribution in [3.8, 4) is 0 Å². The maximum Gasteiger partial charge on any atom is 0.277 e. The van der Waals surface area contributed by atoms with Gasteiger partial charge in [-0.3, -0.25) is 29.7 Å². The summed E-state index contributed by atoms with van der Waals surface area (Å²) in [4.78, 5) is 32.8. The molecule has 0 atom stereocenters. The van der Waals surface area contributed by atoms with E-state index in [1.54, 1.807) is 18.3 Å². The standard InChI is InChI=1S/C17H11BrClN5O5/c18-14-9-22(8-10-3-1-2-4-15(10)19)21-16(14)20-17(25)11-5-12(23(26)27)7-13(6-11)24(28)29/h1-7,9H,8H2,(H,20,21,25). The minimum Gasteiger partial charge on any atom is -0.304 e. The molecule has 0 fully saturated rings. The first-order valence-corrected chi connectivity index (χ1v) is 9.13. The Hall–Kier alpha value is -3.31. The van der Waals surface area contributed by atoms with E-state index in [4.69, 9.17) is 11.6 Å². The summed E-state index contributed by atoms with van der Waals surface area (Å²) in [6.07, 6.45) is 1.62. The lowest BCUT2D eigenvalue weighted by atomic mass is 10.1. The van der Waals surface area contributed by atoms with Crippen LogP contribution in [0, 0.1) is 20.2 Å². The van der Waals surface area contributed by atoms with Crippen LogP contribution in [0.15, 0.2) is 53.1 Å². The number of nitrogens with one attached hydrogen (secondary N) is 1. The molecule has 1 aromatic heterocycles. The van der Waals surface area contributed by atoms with Crippen molar-refractivity contribution in [1.82, 2.24) is 9.78 Å². The monoisotopic (exact) mass is 479 g/mol. The van der Waals surface area contributed by atoms with Crippen molar-refractivity contribution in [1.29, 1.82) is 0 Å². The average molecular weight is 481 g/mol. The molecule has 29 heavy (non-hydrogen) atoms. The van der Waals surface area contributed by atoms with Crippen molar-refractivity contribution in [2.75, 3.05) is 5.32 Å². The Bertz CT molecular complexity index is 1100. The molecular formula is C17H11BrClN5O5. The highest BCUT2D eigenvalue weighted by molar-refractivity contribution is 9.10. The number of rotatable bonds is 6. The van der Waals surface area contributed by atoms with Crippen molar-refractivity contribution >= 4 is 50.6 Å². The first-order chi connectivity index (χ1) is 13.7. The summed E-state index contributed by atoms with van der Waals surface area (Å²) in [5.41, 5.74) is -0.546. The third-order valence-electron chi connectivity index (χ3n) is 3.83. The van der Waals surface area contributed by atoms with Crippen molar-refractivity contribution in [3.05, 3.63) is 89.5 Å². The molecule has 12 heteroatoms. The topological polar surface area (TPSA) is 133 Å². The zero-order chi connectivity index (χ0) is 21.1. The first kappa shape index (κ1) is 20.4. The summed E-state index contributed by atoms with van der Waals surface area (Å²) < 4.78 is 1.99. The fourth-order valence-corrected chi connectivity index (χ4v) is 3.09. The summed E-state index contributed by atoms with van der Waals surface area (Å²) in [6, 6.07) is 9.90. The molecule has 1 N–H and O–H groups in total. The van der Waals surface area contributed by atoms with Crippen LogP contribution in [-0.4, -0.2) is 25.5 Å². The van der Waals surface area contributed by atoms with Crippen LogP contribution in [0.3, 0.4) is 0 Å². The summed E-state index contributed by atoms with van der Waals surface area (Å²) in [5, 5.41) is 29.3. The van der Waals surface area contributed by atoms with Gasteiger partial charge in [0.05, 0.1) is 32.5 Å². The van der Waals surface area contributed by atoms with Gasteiger partial charge in [-0.2, -0.15) is 5.10 Å². The number of anilines is 1. The summed E-state index contributed by atoms with van der Waals surface area (Å²) >= 11 is 9.41. The normalized spacial score (nSPS) is 10.6. The van der Waals surface area contributed by atoms with Crippen LogP contribution in [0.2, 0.25) is 5.02 Å². The Morgan fingerprint density at radius 3 is 2.34 bits per heavy atom. The van der Waals surface area contributed by atoms with Gasteiger partial charge in [0.1, 0.15) is 0 Å². The summed E-state index contributed by atoms with van der Waals surface area (Å²) in [6.45, 7) is 0.344. The minimum absolute atomic E-state index is 0.149. The number of nitro groups is 2. The Labute approximate surface area is 176 Å². The lowest BCUT2D eigenvalue weighted by Gasteiger charge is -2.05. The second-order valence-electron chi connectivity index (χ2n) is 5.82. The number of aromatic nitrogens is 2. The van der Waals surface area contributed by atoms with Crippen molar-refractivity contribution < 1.29 is 14.6 Å². The van der Waals surface area contributed by atoms with Crippen molar-refractivity contribution in [2.24, 2.45) is 0 Å². The van der Waals surface area contributed by atoms with Crippen LogP contribution >= 0.6 is 27.5 Å². The molecule has 0 aliphatic rings. The lowest BCUT2D eigenvalue weighted by molar-refractivity contribution is -0.394. The van der Waals surface area contributed by atoms with Gasteiger partial charge in [-0.1, -0.05) is 29.8 Å². The second-order valence-corrected chi connectivity index (χ2v) is 7.08. The van der Waals surface area contributed by atoms with Gasteiger partial charge in [0, 0.05) is 23.4 Å². The van der Waals surface area contributed by atoms with Gasteiger partial charge in [0.15, 0.2) is 5.82 Å². The number of carbonyl (C=O) groups excluding carboxylic acids is 1. The minimum atomic E-state index is -0.808. The molecule has 148 valence electrons. The number of carbonyl (C=O) groups is 1. The van der Waals surface area contributed by atoms with Crippen molar-refractivity contribution in [2.45, 2.75) is 6.54 Å². The number of nitrogens with zero attached hydrogens (tertiary/aromatic N) is 4. The summed E-state index contributed by atoms with van der Waals surface area (Å²) in [5.74, 6) is -0.628. The molecule has 1 amide bonds. The number of hydrogen-bond donors (Lipinski definition) is 1. The number of hydrogen-bond acceptors (Lipinski definition) is 6. The van der Waals surface area contributed by atoms with E-state index in [0.717, 1.165) is 23.8 Å². The van der Waals surface area contributed by atoms with E-state index in [2.05, 4.69) is 26.3 Å². The number of nitro benzene ring substituents is 2. The quantitative estimate of drug-likeness (QED) is 0.410. The van der Waals surface area contributed by atoms with Crippen LogP contribution in [0.25, 0.3) is 0 Å². The highest BCUT2D eigenvalue weighted by Crippen LogP contribution is 2.26. The molecule has 0 unspecified atom stereocenters.